The second kappa shape index (κ2) is 10.4. The van der Waals surface area contributed by atoms with Crippen LogP contribution in [0.15, 0.2) is 30.3 Å². The number of likely N-dealkylation sites (tertiary alicyclic amines) is 1. The number of hydrogen-bond acceptors (Lipinski definition) is 7. The molecule has 4 aromatic heterocycles. The number of ether oxygens (including phenoxy) is 1. The minimum absolute atomic E-state index is 0.00804. The van der Waals surface area contributed by atoms with Crippen molar-refractivity contribution < 1.29 is 26.7 Å². The van der Waals surface area contributed by atoms with Crippen LogP contribution >= 0.6 is 0 Å². The van der Waals surface area contributed by atoms with Crippen LogP contribution in [0.25, 0.3) is 28.1 Å². The fraction of sp³-hybridized carbons (Fsp3) is 0.500. The number of nitrogens with zero attached hydrogens (tertiary/aromatic N) is 6. The fourth-order valence-electron chi connectivity index (χ4n) is 7.04. The van der Waals surface area contributed by atoms with Crippen molar-refractivity contribution in [1.29, 1.82) is 0 Å². The second-order valence-electron chi connectivity index (χ2n) is 12.3. The summed E-state index contributed by atoms with van der Waals surface area (Å²) in [6.07, 6.45) is 5.78. The second-order valence-corrected chi connectivity index (χ2v) is 14.2. The summed E-state index contributed by atoms with van der Waals surface area (Å²) in [6.45, 7) is -0.144. The Morgan fingerprint density at radius 3 is 2.59 bits per heavy atom. The Morgan fingerprint density at radius 1 is 1.16 bits per heavy atom. The molecule has 3 aliphatic rings. The molecule has 1 amide bonds. The van der Waals surface area contributed by atoms with E-state index in [1.807, 2.05) is 26.9 Å². The highest BCUT2D eigenvalue weighted by molar-refractivity contribution is 7.92. The number of nitrogens with two attached hydrogens (primary N) is 1. The van der Waals surface area contributed by atoms with E-state index in [-0.39, 0.29) is 28.1 Å². The van der Waals surface area contributed by atoms with Gasteiger partial charge in [-0.3, -0.25) is 9.20 Å². The Kier molecular flexibility index (Phi) is 6.85. The molecule has 2 bridgehead atoms. The predicted octanol–water partition coefficient (Wildman–Crippen LogP) is 4.02. The summed E-state index contributed by atoms with van der Waals surface area (Å²) in [5.74, 6) is 0.723. The first-order valence-electron chi connectivity index (χ1n) is 14.9. The number of carbonyl (C=O) groups excluding carboxylic acids is 1. The van der Waals surface area contributed by atoms with Gasteiger partial charge in [0.1, 0.15) is 22.8 Å². The van der Waals surface area contributed by atoms with Gasteiger partial charge in [-0.2, -0.15) is 13.1 Å². The van der Waals surface area contributed by atoms with Gasteiger partial charge in [-0.05, 0) is 68.7 Å². The number of fused-ring (bicyclic) bond motifs is 4. The number of pyridine rings is 2. The van der Waals surface area contributed by atoms with E-state index in [1.54, 1.807) is 25.3 Å². The van der Waals surface area contributed by atoms with Crippen LogP contribution in [0, 0.1) is 18.8 Å². The van der Waals surface area contributed by atoms with Crippen molar-refractivity contribution in [1.82, 2.24) is 23.8 Å². The third-order valence-electron chi connectivity index (χ3n) is 9.40. The third kappa shape index (κ3) is 4.69. The average Bonchev–Trinajstić information content (AvgIpc) is 3.62. The number of alkyl halides is 2. The number of anilines is 1. The van der Waals surface area contributed by atoms with Gasteiger partial charge >= 0.3 is 6.55 Å². The molecule has 2 aliphatic carbocycles. The number of rotatable bonds is 8. The highest BCUT2D eigenvalue weighted by Gasteiger charge is 2.44. The van der Waals surface area contributed by atoms with Gasteiger partial charge in [-0.15, -0.1) is 0 Å². The van der Waals surface area contributed by atoms with Crippen molar-refractivity contribution in [2.24, 2.45) is 17.6 Å². The van der Waals surface area contributed by atoms with Gasteiger partial charge in [-0.25, -0.2) is 18.4 Å². The summed E-state index contributed by atoms with van der Waals surface area (Å²) in [5, 5.41) is 0.669. The summed E-state index contributed by atoms with van der Waals surface area (Å²) in [5.41, 5.74) is 9.97. The molecule has 3 atom stereocenters. The van der Waals surface area contributed by atoms with E-state index < -0.39 is 16.6 Å². The lowest BCUT2D eigenvalue weighted by atomic mass is 9.86. The van der Waals surface area contributed by atoms with Crippen molar-refractivity contribution >= 4 is 38.4 Å². The number of sulfonamides is 1. The standard InChI is InChI=1S/C30H35F2N7O4S/c1-16-27(22-11-18-9-10-23(39(30(31)32)44(3,41)42)35-28(18)36(22)14-17-7-8-17)34-24-12-20(13-25(43-2)38(16)24)29(40)37-15-19-5-4-6-21(37)26(19)33/h9-13,17,19,21,26,30H,4-8,14-15,33H2,1-3H3. The van der Waals surface area contributed by atoms with Crippen LogP contribution in [0.5, 0.6) is 5.88 Å². The molecule has 4 aromatic rings. The molecular weight excluding hydrogens is 592 g/mol. The minimum Gasteiger partial charge on any atom is -0.482 e. The quantitative estimate of drug-likeness (QED) is 0.292. The number of imidazole rings is 1. The zero-order chi connectivity index (χ0) is 31.1. The molecule has 7 rings (SSSR count). The molecule has 3 unspecified atom stereocenters. The van der Waals surface area contributed by atoms with Crippen molar-refractivity contribution in [3.63, 3.8) is 0 Å². The number of halogens is 2. The monoisotopic (exact) mass is 627 g/mol. The first-order valence-corrected chi connectivity index (χ1v) is 16.7. The number of hydrogen-bond donors (Lipinski definition) is 1. The Bertz CT molecular complexity index is 1900. The summed E-state index contributed by atoms with van der Waals surface area (Å²) >= 11 is 0. The van der Waals surface area contributed by atoms with Crippen LogP contribution in [0.3, 0.4) is 0 Å². The van der Waals surface area contributed by atoms with Gasteiger partial charge in [0.15, 0.2) is 5.88 Å². The molecule has 1 saturated heterocycles. The van der Waals surface area contributed by atoms with Gasteiger partial charge in [0, 0.05) is 42.2 Å². The van der Waals surface area contributed by atoms with Crippen molar-refractivity contribution in [2.75, 3.05) is 24.2 Å². The van der Waals surface area contributed by atoms with Gasteiger partial charge < -0.3 is 19.9 Å². The largest absolute Gasteiger partial charge is 0.482 e. The van der Waals surface area contributed by atoms with E-state index in [1.165, 1.54) is 6.07 Å². The molecule has 5 heterocycles. The smallest absolute Gasteiger partial charge is 0.329 e. The van der Waals surface area contributed by atoms with Gasteiger partial charge in [0.2, 0.25) is 10.0 Å². The van der Waals surface area contributed by atoms with Crippen molar-refractivity contribution in [3.05, 3.63) is 41.6 Å². The van der Waals surface area contributed by atoms with Crippen LogP contribution in [0.1, 0.15) is 48.2 Å². The van der Waals surface area contributed by atoms with E-state index in [4.69, 9.17) is 15.5 Å². The average molecular weight is 628 g/mol. The van der Waals surface area contributed by atoms with Crippen molar-refractivity contribution in [3.8, 4) is 17.3 Å². The van der Waals surface area contributed by atoms with E-state index in [0.717, 1.165) is 49.7 Å². The van der Waals surface area contributed by atoms with Crippen LogP contribution in [-0.4, -0.2) is 76.7 Å². The predicted molar refractivity (Wildman–Crippen MR) is 161 cm³/mol. The van der Waals surface area contributed by atoms with Crippen molar-refractivity contribution in [2.45, 2.75) is 64.2 Å². The highest BCUT2D eigenvalue weighted by atomic mass is 32.2. The first-order chi connectivity index (χ1) is 21.0. The van der Waals surface area contributed by atoms with E-state index in [0.29, 0.717) is 58.7 Å². The number of aromatic nitrogens is 4. The molecule has 1 aliphatic heterocycles. The molecular formula is C30H35F2N7O4S. The summed E-state index contributed by atoms with van der Waals surface area (Å²) in [6, 6.07) is 8.31. The van der Waals surface area contributed by atoms with Crippen LogP contribution in [0.2, 0.25) is 0 Å². The SMILES string of the molecule is COc1cc(C(=O)N2CC3CCCC2C3N)cc2nc(-c3cc4ccc(N(C(F)F)S(C)(=O)=O)nc4n3CC3CC3)c(C)n12. The molecule has 0 spiro atoms. The maximum absolute atomic E-state index is 13.8. The molecule has 234 valence electrons. The molecule has 0 radical (unpaired) electrons. The minimum atomic E-state index is -4.27. The zero-order valence-electron chi connectivity index (χ0n) is 24.8. The highest BCUT2D eigenvalue weighted by Crippen LogP contribution is 2.39. The Morgan fingerprint density at radius 2 is 1.93 bits per heavy atom. The molecule has 2 saturated carbocycles. The zero-order valence-corrected chi connectivity index (χ0v) is 25.6. The fourth-order valence-corrected chi connectivity index (χ4v) is 7.77. The Labute approximate surface area is 253 Å². The van der Waals surface area contributed by atoms with Gasteiger partial charge in [0.25, 0.3) is 5.91 Å². The normalized spacial score (nSPS) is 22.0. The van der Waals surface area contributed by atoms with E-state index in [9.17, 15) is 22.0 Å². The third-order valence-corrected chi connectivity index (χ3v) is 10.5. The molecule has 0 aromatic carbocycles. The number of aryl methyl sites for hydroxylation is 1. The van der Waals surface area contributed by atoms with E-state index >= 15 is 0 Å². The maximum atomic E-state index is 13.8. The summed E-state index contributed by atoms with van der Waals surface area (Å²) in [7, 11) is -2.72. The Balaban J connectivity index is 1.34. The van der Waals surface area contributed by atoms with E-state index in [2.05, 4.69) is 4.98 Å². The molecule has 11 nitrogen and oxygen atoms in total. The van der Waals surface area contributed by atoms with Gasteiger partial charge in [-0.1, -0.05) is 6.42 Å². The Hall–Kier alpha value is -3.78. The first kappa shape index (κ1) is 29.0. The topological polar surface area (TPSA) is 128 Å². The van der Waals surface area contributed by atoms with Gasteiger partial charge in [0.05, 0.1) is 24.8 Å². The molecule has 44 heavy (non-hydrogen) atoms. The van der Waals surface area contributed by atoms with Crippen LogP contribution < -0.4 is 14.8 Å². The number of methoxy groups -OCH3 is 1. The summed E-state index contributed by atoms with van der Waals surface area (Å²) in [4.78, 5) is 25.1. The molecule has 2 N–H and O–H groups in total. The lowest BCUT2D eigenvalue weighted by Crippen LogP contribution is -2.44. The lowest BCUT2D eigenvalue weighted by molar-refractivity contribution is 0.0726. The maximum Gasteiger partial charge on any atom is 0.329 e. The molecule has 14 heteroatoms. The lowest BCUT2D eigenvalue weighted by Gasteiger charge is -2.29. The number of carbonyl (C=O) groups is 1. The van der Waals surface area contributed by atoms with Crippen LogP contribution in [-0.2, 0) is 16.6 Å². The molecule has 3 fully saturated rings. The number of amides is 1. The van der Waals surface area contributed by atoms with Crippen LogP contribution in [0.4, 0.5) is 14.6 Å². The summed E-state index contributed by atoms with van der Waals surface area (Å²) < 4.78 is 61.6.